The molecule has 0 spiro atoms. The summed E-state index contributed by atoms with van der Waals surface area (Å²) in [5, 5.41) is 2.12. The van der Waals surface area contributed by atoms with E-state index in [1.165, 1.54) is 11.1 Å². The van der Waals surface area contributed by atoms with Gasteiger partial charge in [0, 0.05) is 32.2 Å². The van der Waals surface area contributed by atoms with Crippen LogP contribution in [0.1, 0.15) is 33.8 Å². The van der Waals surface area contributed by atoms with Crippen LogP contribution in [0.2, 0.25) is 0 Å². The number of rotatable bonds is 4. The molecule has 1 fully saturated rings. The summed E-state index contributed by atoms with van der Waals surface area (Å²) in [5.74, 6) is 0.164. The monoisotopic (exact) mass is 314 g/mol. The van der Waals surface area contributed by atoms with E-state index in [0.29, 0.717) is 6.04 Å². The number of likely N-dealkylation sites (N-methyl/N-ethyl adjacent to an activating group) is 1. The lowest BCUT2D eigenvalue weighted by atomic mass is 10.0. The minimum atomic E-state index is 0.164. The first-order valence-corrected chi connectivity index (χ1v) is 8.57. The maximum absolute atomic E-state index is 11.4. The van der Waals surface area contributed by atoms with E-state index in [1.807, 2.05) is 6.07 Å². The molecule has 3 rings (SSSR count). The fraction of sp³-hybridized carbons (Fsp3) is 0.389. The predicted molar refractivity (Wildman–Crippen MR) is 91.4 cm³/mol. The summed E-state index contributed by atoms with van der Waals surface area (Å²) in [6.45, 7) is 5.75. The maximum atomic E-state index is 11.4. The summed E-state index contributed by atoms with van der Waals surface area (Å²) < 4.78 is 0. The Morgan fingerprint density at radius 2 is 2.05 bits per heavy atom. The van der Waals surface area contributed by atoms with Crippen molar-refractivity contribution in [1.29, 1.82) is 0 Å². The smallest absolute Gasteiger partial charge is 0.169 e. The van der Waals surface area contributed by atoms with Crippen LogP contribution >= 0.6 is 11.3 Å². The normalized spacial score (nSPS) is 20.2. The van der Waals surface area contributed by atoms with E-state index < -0.39 is 0 Å². The van der Waals surface area contributed by atoms with Gasteiger partial charge in [-0.05, 0) is 36.5 Å². The van der Waals surface area contributed by atoms with Gasteiger partial charge in [-0.1, -0.05) is 30.3 Å². The maximum Gasteiger partial charge on any atom is 0.169 e. The average Bonchev–Trinajstić information content (AvgIpc) is 2.99. The molecule has 1 aromatic carbocycles. The van der Waals surface area contributed by atoms with Crippen LogP contribution in [-0.2, 0) is 6.54 Å². The van der Waals surface area contributed by atoms with Gasteiger partial charge >= 0.3 is 0 Å². The van der Waals surface area contributed by atoms with E-state index in [1.54, 1.807) is 18.3 Å². The van der Waals surface area contributed by atoms with Crippen LogP contribution in [0.3, 0.4) is 0 Å². The van der Waals surface area contributed by atoms with Crippen molar-refractivity contribution in [3.8, 4) is 0 Å². The Morgan fingerprint density at radius 1 is 1.27 bits per heavy atom. The van der Waals surface area contributed by atoms with Crippen molar-refractivity contribution in [2.75, 3.05) is 26.7 Å². The molecule has 0 bridgehead atoms. The zero-order valence-corrected chi connectivity index (χ0v) is 14.0. The van der Waals surface area contributed by atoms with Gasteiger partial charge in [-0.2, -0.15) is 0 Å². The minimum absolute atomic E-state index is 0.164. The molecule has 1 aromatic heterocycles. The second kappa shape index (κ2) is 6.73. The predicted octanol–water partition coefficient (Wildman–Crippen LogP) is 3.44. The SMILES string of the molecule is CC(=O)c1cc(CN2CCN(C)C(c3ccccc3)C2)cs1. The number of hydrogen-bond donors (Lipinski definition) is 0. The molecule has 0 N–H and O–H groups in total. The van der Waals surface area contributed by atoms with Crippen LogP contribution in [0.4, 0.5) is 0 Å². The topological polar surface area (TPSA) is 23.6 Å². The number of ketones is 1. The molecule has 3 nitrogen and oxygen atoms in total. The third-order valence-electron chi connectivity index (χ3n) is 4.32. The van der Waals surface area contributed by atoms with Crippen LogP contribution in [0.15, 0.2) is 41.8 Å². The highest BCUT2D eigenvalue weighted by molar-refractivity contribution is 7.12. The first kappa shape index (κ1) is 15.4. The second-order valence-corrected chi connectivity index (χ2v) is 6.93. The van der Waals surface area contributed by atoms with Crippen molar-refractivity contribution < 1.29 is 4.79 Å². The number of hydrogen-bond acceptors (Lipinski definition) is 4. The van der Waals surface area contributed by atoms with Crippen molar-refractivity contribution in [2.24, 2.45) is 0 Å². The minimum Gasteiger partial charge on any atom is -0.297 e. The number of thiophene rings is 1. The molecule has 0 aliphatic carbocycles. The number of carbonyl (C=O) groups excluding carboxylic acids is 1. The Morgan fingerprint density at radius 3 is 2.73 bits per heavy atom. The van der Waals surface area contributed by atoms with Gasteiger partial charge in [0.2, 0.25) is 0 Å². The van der Waals surface area contributed by atoms with E-state index in [-0.39, 0.29) is 5.78 Å². The molecule has 2 aromatic rings. The van der Waals surface area contributed by atoms with Crippen LogP contribution in [0, 0.1) is 0 Å². The van der Waals surface area contributed by atoms with Crippen molar-refractivity contribution in [1.82, 2.24) is 9.80 Å². The number of Topliss-reactive ketones (excluding diaryl/α,β-unsaturated/α-hetero) is 1. The first-order chi connectivity index (χ1) is 10.6. The first-order valence-electron chi connectivity index (χ1n) is 7.69. The van der Waals surface area contributed by atoms with Gasteiger partial charge < -0.3 is 0 Å². The summed E-state index contributed by atoms with van der Waals surface area (Å²) in [5.41, 5.74) is 2.64. The zero-order valence-electron chi connectivity index (χ0n) is 13.2. The summed E-state index contributed by atoms with van der Waals surface area (Å²) in [6.07, 6.45) is 0. The number of benzene rings is 1. The zero-order chi connectivity index (χ0) is 15.5. The lowest BCUT2D eigenvalue weighted by Gasteiger charge is -2.39. The number of nitrogens with zero attached hydrogens (tertiary/aromatic N) is 2. The molecule has 1 unspecified atom stereocenters. The molecule has 0 amide bonds. The molecule has 1 aliphatic rings. The lowest BCUT2D eigenvalue weighted by molar-refractivity contribution is 0.0905. The Kier molecular flexibility index (Phi) is 4.71. The molecule has 1 aliphatic heterocycles. The molecule has 1 atom stereocenters. The van der Waals surface area contributed by atoms with Crippen LogP contribution in [-0.4, -0.2) is 42.3 Å². The Balaban J connectivity index is 1.69. The molecule has 22 heavy (non-hydrogen) atoms. The number of carbonyl (C=O) groups is 1. The molecule has 0 radical (unpaired) electrons. The highest BCUT2D eigenvalue weighted by Crippen LogP contribution is 2.25. The molecular formula is C18H22N2OS. The molecular weight excluding hydrogens is 292 g/mol. The van der Waals surface area contributed by atoms with Crippen LogP contribution in [0.5, 0.6) is 0 Å². The Bertz CT molecular complexity index is 638. The van der Waals surface area contributed by atoms with Gasteiger partial charge in [0.25, 0.3) is 0 Å². The standard InChI is InChI=1S/C18H22N2OS/c1-14(21)18-10-15(13-22-18)11-20-9-8-19(2)17(12-20)16-6-4-3-5-7-16/h3-7,10,13,17H,8-9,11-12H2,1-2H3. The van der Waals surface area contributed by atoms with E-state index in [9.17, 15) is 4.79 Å². The molecule has 116 valence electrons. The summed E-state index contributed by atoms with van der Waals surface area (Å²) in [7, 11) is 2.20. The van der Waals surface area contributed by atoms with Gasteiger partial charge in [0.05, 0.1) is 4.88 Å². The Hall–Kier alpha value is -1.49. The van der Waals surface area contributed by atoms with Gasteiger partial charge in [-0.3, -0.25) is 14.6 Å². The Labute approximate surface area is 136 Å². The third-order valence-corrected chi connectivity index (χ3v) is 5.40. The van der Waals surface area contributed by atoms with E-state index >= 15 is 0 Å². The van der Waals surface area contributed by atoms with Gasteiger partial charge in [0.1, 0.15) is 0 Å². The summed E-state index contributed by atoms with van der Waals surface area (Å²) >= 11 is 1.56. The molecule has 0 saturated carbocycles. The van der Waals surface area contributed by atoms with Gasteiger partial charge in [-0.15, -0.1) is 11.3 Å². The molecule has 1 saturated heterocycles. The second-order valence-electron chi connectivity index (χ2n) is 6.02. The highest BCUT2D eigenvalue weighted by atomic mass is 32.1. The fourth-order valence-corrected chi connectivity index (χ4v) is 3.82. The summed E-state index contributed by atoms with van der Waals surface area (Å²) in [6, 6.07) is 13.2. The van der Waals surface area contributed by atoms with Crippen LogP contribution in [0.25, 0.3) is 0 Å². The fourth-order valence-electron chi connectivity index (χ4n) is 3.01. The largest absolute Gasteiger partial charge is 0.297 e. The van der Waals surface area contributed by atoms with Crippen molar-refractivity contribution in [2.45, 2.75) is 19.5 Å². The number of piperazine rings is 1. The van der Waals surface area contributed by atoms with Crippen molar-refractivity contribution >= 4 is 17.1 Å². The van der Waals surface area contributed by atoms with E-state index in [2.05, 4.69) is 52.6 Å². The average molecular weight is 314 g/mol. The van der Waals surface area contributed by atoms with E-state index in [4.69, 9.17) is 0 Å². The van der Waals surface area contributed by atoms with Crippen molar-refractivity contribution in [3.63, 3.8) is 0 Å². The third kappa shape index (κ3) is 3.46. The summed E-state index contributed by atoms with van der Waals surface area (Å²) in [4.78, 5) is 17.2. The van der Waals surface area contributed by atoms with Crippen molar-refractivity contribution in [3.05, 3.63) is 57.8 Å². The van der Waals surface area contributed by atoms with Gasteiger partial charge in [0.15, 0.2) is 5.78 Å². The highest BCUT2D eigenvalue weighted by Gasteiger charge is 2.25. The molecule has 2 heterocycles. The van der Waals surface area contributed by atoms with Crippen LogP contribution < -0.4 is 0 Å². The van der Waals surface area contributed by atoms with E-state index in [0.717, 1.165) is 31.1 Å². The quantitative estimate of drug-likeness (QED) is 0.808. The molecule has 4 heteroatoms. The lowest BCUT2D eigenvalue weighted by Crippen LogP contribution is -2.46. The van der Waals surface area contributed by atoms with Gasteiger partial charge in [-0.25, -0.2) is 0 Å².